The monoisotopic (exact) mass is 317 g/mol. The Kier molecular flexibility index (Phi) is 5.07. The first-order chi connectivity index (χ1) is 7.77. The molecule has 0 fully saturated rings. The fourth-order valence-electron chi connectivity index (χ4n) is 1.06. The Morgan fingerprint density at radius 3 is 2.18 bits per heavy atom. The Morgan fingerprint density at radius 1 is 1.24 bits per heavy atom. The normalized spacial score (nSPS) is 14.6. The molecule has 0 aliphatic carbocycles. The lowest BCUT2D eigenvalue weighted by atomic mass is 10.4. The highest BCUT2D eigenvalue weighted by molar-refractivity contribution is 7.89. The van der Waals surface area contributed by atoms with E-state index in [0.717, 1.165) is 0 Å². The lowest BCUT2D eigenvalue weighted by molar-refractivity contribution is 0.0969. The second-order valence-electron chi connectivity index (χ2n) is 3.09. The second-order valence-corrected chi connectivity index (χ2v) is 7.17. The molecule has 4 nitrogen and oxygen atoms in total. The molecule has 1 rings (SSSR count). The number of rotatable bonds is 4. The third kappa shape index (κ3) is 4.28. The molecule has 0 spiro atoms. The highest BCUT2D eigenvalue weighted by Gasteiger charge is 2.36. The average Bonchev–Trinajstić information content (AvgIpc) is 2.25. The van der Waals surface area contributed by atoms with Crippen molar-refractivity contribution >= 4 is 44.8 Å². The summed E-state index contributed by atoms with van der Waals surface area (Å²) in [5.74, 6) is 0. The van der Waals surface area contributed by atoms with E-state index in [9.17, 15) is 8.42 Å². The first-order valence-electron chi connectivity index (χ1n) is 4.44. The molecule has 0 aromatic heterocycles. The molecule has 17 heavy (non-hydrogen) atoms. The van der Waals surface area contributed by atoms with Crippen LogP contribution in [0.25, 0.3) is 0 Å². The van der Waals surface area contributed by atoms with Gasteiger partial charge in [0.25, 0.3) is 0 Å². The number of ether oxygens (including phenoxy) is 1. The Balaban J connectivity index is 2.95. The molecule has 0 heterocycles. The van der Waals surface area contributed by atoms with Gasteiger partial charge in [-0.3, -0.25) is 0 Å². The van der Waals surface area contributed by atoms with E-state index in [-0.39, 0.29) is 4.90 Å². The number of nitrogens with one attached hydrogen (secondary N) is 1. The number of benzene rings is 1. The number of hydrogen-bond donors (Lipinski definition) is 1. The molecule has 0 saturated carbocycles. The van der Waals surface area contributed by atoms with Gasteiger partial charge in [0, 0.05) is 7.11 Å². The lowest BCUT2D eigenvalue weighted by Gasteiger charge is -2.23. The van der Waals surface area contributed by atoms with Crippen LogP contribution in [0.15, 0.2) is 35.2 Å². The number of alkyl halides is 3. The third-order valence-corrected chi connectivity index (χ3v) is 3.86. The predicted octanol–water partition coefficient (Wildman–Crippen LogP) is 2.31. The summed E-state index contributed by atoms with van der Waals surface area (Å²) < 4.78 is 28.8. The Morgan fingerprint density at radius 2 is 1.76 bits per heavy atom. The fraction of sp³-hybridized carbons (Fsp3) is 0.333. The summed E-state index contributed by atoms with van der Waals surface area (Å²) in [7, 11) is -2.55. The van der Waals surface area contributed by atoms with Gasteiger partial charge in [-0.05, 0) is 12.1 Å². The second kappa shape index (κ2) is 5.73. The molecule has 0 aliphatic rings. The molecular weight excluding hydrogens is 309 g/mol. The van der Waals surface area contributed by atoms with Gasteiger partial charge in [-0.1, -0.05) is 53.0 Å². The van der Waals surface area contributed by atoms with Crippen LogP contribution >= 0.6 is 34.8 Å². The predicted molar refractivity (Wildman–Crippen MR) is 67.9 cm³/mol. The maximum absolute atomic E-state index is 11.9. The van der Waals surface area contributed by atoms with Crippen LogP contribution in [0.5, 0.6) is 0 Å². The quantitative estimate of drug-likeness (QED) is 0.684. The van der Waals surface area contributed by atoms with Crippen LogP contribution in [0.4, 0.5) is 0 Å². The minimum atomic E-state index is -3.78. The number of halogens is 3. The van der Waals surface area contributed by atoms with Gasteiger partial charge in [-0.2, -0.15) is 4.72 Å². The molecule has 96 valence electrons. The van der Waals surface area contributed by atoms with Crippen LogP contribution in [0, 0.1) is 0 Å². The first kappa shape index (κ1) is 15.0. The minimum absolute atomic E-state index is 0.0660. The van der Waals surface area contributed by atoms with E-state index in [1.165, 1.54) is 19.2 Å². The van der Waals surface area contributed by atoms with Crippen molar-refractivity contribution in [2.75, 3.05) is 7.11 Å². The van der Waals surface area contributed by atoms with E-state index < -0.39 is 20.0 Å². The largest absolute Gasteiger partial charge is 0.361 e. The molecule has 8 heteroatoms. The van der Waals surface area contributed by atoms with Gasteiger partial charge >= 0.3 is 0 Å². The van der Waals surface area contributed by atoms with E-state index in [0.29, 0.717) is 0 Å². The van der Waals surface area contributed by atoms with E-state index in [2.05, 4.69) is 4.72 Å². The number of methoxy groups -OCH3 is 1. The Bertz CT molecular complexity index is 458. The Labute approximate surface area is 115 Å². The molecule has 1 aromatic rings. The van der Waals surface area contributed by atoms with E-state index in [1.807, 2.05) is 0 Å². The molecule has 0 aliphatic heterocycles. The lowest BCUT2D eigenvalue weighted by Crippen LogP contribution is -2.44. The van der Waals surface area contributed by atoms with Crippen molar-refractivity contribution in [1.29, 1.82) is 0 Å². The van der Waals surface area contributed by atoms with Crippen LogP contribution in [-0.2, 0) is 14.8 Å². The molecular formula is C9H10Cl3NO3S. The molecule has 1 N–H and O–H groups in total. The van der Waals surface area contributed by atoms with Gasteiger partial charge in [0.2, 0.25) is 13.8 Å². The van der Waals surface area contributed by atoms with E-state index in [4.69, 9.17) is 39.5 Å². The topological polar surface area (TPSA) is 55.4 Å². The van der Waals surface area contributed by atoms with Gasteiger partial charge in [0.05, 0.1) is 4.90 Å². The fourth-order valence-corrected chi connectivity index (χ4v) is 2.89. The van der Waals surface area contributed by atoms with Crippen LogP contribution < -0.4 is 4.72 Å². The molecule has 0 saturated heterocycles. The average molecular weight is 319 g/mol. The van der Waals surface area contributed by atoms with Crippen molar-refractivity contribution in [1.82, 2.24) is 4.72 Å². The Hall–Kier alpha value is -0.0400. The van der Waals surface area contributed by atoms with Crippen molar-refractivity contribution in [2.45, 2.75) is 14.9 Å². The molecule has 0 bridgehead atoms. The maximum atomic E-state index is 11.9. The smallest absolute Gasteiger partial charge is 0.242 e. The summed E-state index contributed by atoms with van der Waals surface area (Å²) >= 11 is 16.7. The van der Waals surface area contributed by atoms with Gasteiger partial charge in [-0.25, -0.2) is 8.42 Å². The van der Waals surface area contributed by atoms with E-state index in [1.54, 1.807) is 18.2 Å². The van der Waals surface area contributed by atoms with Crippen LogP contribution in [0.2, 0.25) is 0 Å². The van der Waals surface area contributed by atoms with Gasteiger partial charge < -0.3 is 4.74 Å². The molecule has 1 aromatic carbocycles. The summed E-state index contributed by atoms with van der Waals surface area (Å²) in [5, 5.41) is 0. The van der Waals surface area contributed by atoms with Crippen molar-refractivity contribution in [3.8, 4) is 0 Å². The van der Waals surface area contributed by atoms with Crippen molar-refractivity contribution in [3.63, 3.8) is 0 Å². The van der Waals surface area contributed by atoms with Crippen LogP contribution in [0.3, 0.4) is 0 Å². The number of sulfonamides is 1. The highest BCUT2D eigenvalue weighted by atomic mass is 35.6. The SMILES string of the molecule is CO[C@H](NS(=O)(=O)c1ccccc1)C(Cl)(Cl)Cl. The first-order valence-corrected chi connectivity index (χ1v) is 7.06. The van der Waals surface area contributed by atoms with Crippen molar-refractivity contribution in [3.05, 3.63) is 30.3 Å². The summed E-state index contributed by atoms with van der Waals surface area (Å²) in [6.45, 7) is 0. The zero-order chi connectivity index (χ0) is 13.1. The van der Waals surface area contributed by atoms with E-state index >= 15 is 0 Å². The highest BCUT2D eigenvalue weighted by Crippen LogP contribution is 2.31. The third-order valence-electron chi connectivity index (χ3n) is 1.85. The molecule has 1 atom stereocenters. The van der Waals surface area contributed by atoms with Crippen LogP contribution in [-0.4, -0.2) is 25.5 Å². The number of hydrogen-bond acceptors (Lipinski definition) is 3. The standard InChI is InChI=1S/C9H10Cl3NO3S/c1-16-8(9(10,11)12)13-17(14,15)7-5-3-2-4-6-7/h2-6,8,13H,1H3/t8-/m0/s1. The molecule has 0 amide bonds. The zero-order valence-corrected chi connectivity index (χ0v) is 11.8. The van der Waals surface area contributed by atoms with Crippen molar-refractivity contribution < 1.29 is 13.2 Å². The minimum Gasteiger partial charge on any atom is -0.361 e. The summed E-state index contributed by atoms with van der Waals surface area (Å²) in [6, 6.07) is 7.72. The zero-order valence-electron chi connectivity index (χ0n) is 8.73. The molecule has 0 unspecified atom stereocenters. The van der Waals surface area contributed by atoms with Gasteiger partial charge in [-0.15, -0.1) is 0 Å². The molecule has 0 radical (unpaired) electrons. The van der Waals surface area contributed by atoms with Crippen LogP contribution in [0.1, 0.15) is 0 Å². The summed E-state index contributed by atoms with van der Waals surface area (Å²) in [4.78, 5) is 0.0660. The van der Waals surface area contributed by atoms with Gasteiger partial charge in [0.15, 0.2) is 6.23 Å². The summed E-state index contributed by atoms with van der Waals surface area (Å²) in [6.07, 6.45) is -1.27. The van der Waals surface area contributed by atoms with Gasteiger partial charge in [0.1, 0.15) is 0 Å². The maximum Gasteiger partial charge on any atom is 0.242 e. The summed E-state index contributed by atoms with van der Waals surface area (Å²) in [5.41, 5.74) is 0. The van der Waals surface area contributed by atoms with Crippen molar-refractivity contribution in [2.24, 2.45) is 0 Å².